The molecule has 1 atom stereocenters. The van der Waals surface area contributed by atoms with Crippen LogP contribution in [0.15, 0.2) is 29.6 Å². The third-order valence-corrected chi connectivity index (χ3v) is 4.59. The van der Waals surface area contributed by atoms with E-state index in [0.29, 0.717) is 29.4 Å². The Kier molecular flexibility index (Phi) is 6.24. The van der Waals surface area contributed by atoms with Crippen molar-refractivity contribution in [3.8, 4) is 0 Å². The molecule has 1 aliphatic rings. The van der Waals surface area contributed by atoms with Crippen molar-refractivity contribution in [2.24, 2.45) is 11.7 Å². The van der Waals surface area contributed by atoms with E-state index in [-0.39, 0.29) is 42.5 Å². The number of amides is 3. The summed E-state index contributed by atoms with van der Waals surface area (Å²) in [5.74, 6) is -1.06. The van der Waals surface area contributed by atoms with Crippen molar-refractivity contribution >= 4 is 47.2 Å². The third-order valence-electron chi connectivity index (χ3n) is 3.72. The Morgan fingerprint density at radius 3 is 2.60 bits per heavy atom. The summed E-state index contributed by atoms with van der Waals surface area (Å²) < 4.78 is 0. The summed E-state index contributed by atoms with van der Waals surface area (Å²) >= 11 is 1.35. The van der Waals surface area contributed by atoms with Crippen molar-refractivity contribution in [2.75, 3.05) is 5.32 Å². The molecule has 132 valence electrons. The summed E-state index contributed by atoms with van der Waals surface area (Å²) in [7, 11) is 0. The molecular formula is C16H17ClN4O3S. The largest absolute Gasteiger partial charge is 0.325 e. The molecule has 0 aliphatic carbocycles. The summed E-state index contributed by atoms with van der Waals surface area (Å²) in [6.45, 7) is 0.309. The Bertz CT molecular complexity index is 791. The molecule has 1 unspecified atom stereocenters. The quantitative estimate of drug-likeness (QED) is 0.680. The molecule has 2 heterocycles. The number of nitrogens with two attached hydrogens (primary N) is 1. The van der Waals surface area contributed by atoms with E-state index in [1.165, 1.54) is 11.3 Å². The monoisotopic (exact) mass is 380 g/mol. The smallest absolute Gasteiger partial charge is 0.275 e. The van der Waals surface area contributed by atoms with Gasteiger partial charge in [-0.15, -0.1) is 23.7 Å². The molecular weight excluding hydrogens is 364 g/mol. The number of hydrogen-bond donors (Lipinski definition) is 3. The van der Waals surface area contributed by atoms with Crippen LogP contribution in [0.5, 0.6) is 0 Å². The molecule has 9 heteroatoms. The van der Waals surface area contributed by atoms with Crippen LogP contribution in [0.2, 0.25) is 0 Å². The van der Waals surface area contributed by atoms with E-state index in [9.17, 15) is 14.4 Å². The highest BCUT2D eigenvalue weighted by molar-refractivity contribution is 7.09. The number of carbonyl (C=O) groups excluding carboxylic acids is 3. The van der Waals surface area contributed by atoms with Crippen molar-refractivity contribution in [3.05, 3.63) is 45.9 Å². The van der Waals surface area contributed by atoms with Gasteiger partial charge in [-0.05, 0) is 24.1 Å². The van der Waals surface area contributed by atoms with Crippen LogP contribution in [0.4, 0.5) is 5.69 Å². The van der Waals surface area contributed by atoms with Crippen LogP contribution in [-0.4, -0.2) is 22.7 Å². The van der Waals surface area contributed by atoms with Gasteiger partial charge in [-0.25, -0.2) is 4.98 Å². The maximum Gasteiger partial charge on any atom is 0.275 e. The van der Waals surface area contributed by atoms with Gasteiger partial charge in [0.2, 0.25) is 11.8 Å². The molecule has 1 saturated heterocycles. The lowest BCUT2D eigenvalue weighted by Gasteiger charge is -2.08. The first-order valence-electron chi connectivity index (χ1n) is 7.43. The average Bonchev–Trinajstić information content (AvgIpc) is 3.16. The molecule has 1 aromatic carbocycles. The van der Waals surface area contributed by atoms with Crippen LogP contribution < -0.4 is 16.4 Å². The van der Waals surface area contributed by atoms with Crippen LogP contribution in [0.3, 0.4) is 0 Å². The van der Waals surface area contributed by atoms with E-state index < -0.39 is 0 Å². The van der Waals surface area contributed by atoms with Gasteiger partial charge in [0.05, 0.1) is 5.92 Å². The first-order chi connectivity index (χ1) is 11.5. The number of rotatable bonds is 5. The number of aromatic nitrogens is 1. The Hall–Kier alpha value is -2.29. The normalized spacial score (nSPS) is 16.3. The van der Waals surface area contributed by atoms with E-state index in [0.717, 1.165) is 5.56 Å². The van der Waals surface area contributed by atoms with Gasteiger partial charge < -0.3 is 11.1 Å². The van der Waals surface area contributed by atoms with Gasteiger partial charge in [0.1, 0.15) is 10.7 Å². The molecule has 3 rings (SSSR count). The summed E-state index contributed by atoms with van der Waals surface area (Å²) in [6.07, 6.45) is 0.725. The molecule has 0 radical (unpaired) electrons. The number of nitrogens with zero attached hydrogens (tertiary/aromatic N) is 1. The molecule has 25 heavy (non-hydrogen) atoms. The summed E-state index contributed by atoms with van der Waals surface area (Å²) in [5, 5.41) is 7.44. The zero-order valence-corrected chi connectivity index (χ0v) is 14.8. The summed E-state index contributed by atoms with van der Waals surface area (Å²) in [6, 6.07) is 7.19. The van der Waals surface area contributed by atoms with Crippen molar-refractivity contribution in [3.63, 3.8) is 0 Å². The third kappa shape index (κ3) is 4.62. The minimum atomic E-state index is -0.317. The van der Waals surface area contributed by atoms with Gasteiger partial charge in [-0.1, -0.05) is 12.1 Å². The lowest BCUT2D eigenvalue weighted by molar-refractivity contribution is -0.125. The highest BCUT2D eigenvalue weighted by Crippen LogP contribution is 2.19. The molecule has 1 aliphatic heterocycles. The first-order valence-corrected chi connectivity index (χ1v) is 8.31. The van der Waals surface area contributed by atoms with Gasteiger partial charge in [-0.2, -0.15) is 0 Å². The Morgan fingerprint density at radius 1 is 1.32 bits per heavy atom. The molecule has 4 N–H and O–H groups in total. The van der Waals surface area contributed by atoms with Crippen molar-refractivity contribution in [2.45, 2.75) is 19.4 Å². The molecule has 0 saturated carbocycles. The second-order valence-corrected chi connectivity index (χ2v) is 6.44. The SMILES string of the molecule is Cl.NCc1nc(C(=O)Nc2ccc(CC3CC(=O)NC3=O)cc2)cs1. The van der Waals surface area contributed by atoms with E-state index in [1.54, 1.807) is 17.5 Å². The van der Waals surface area contributed by atoms with Gasteiger partial charge >= 0.3 is 0 Å². The summed E-state index contributed by atoms with van der Waals surface area (Å²) in [5.41, 5.74) is 7.39. The molecule has 1 aromatic heterocycles. The van der Waals surface area contributed by atoms with Crippen LogP contribution in [0.1, 0.15) is 27.5 Å². The highest BCUT2D eigenvalue weighted by Gasteiger charge is 2.30. The van der Waals surface area contributed by atoms with Crippen molar-refractivity contribution < 1.29 is 14.4 Å². The predicted octanol–water partition coefficient (Wildman–Crippen LogP) is 1.48. The van der Waals surface area contributed by atoms with E-state index in [1.807, 2.05) is 12.1 Å². The lowest BCUT2D eigenvalue weighted by atomic mass is 9.98. The fourth-order valence-electron chi connectivity index (χ4n) is 2.48. The lowest BCUT2D eigenvalue weighted by Crippen LogP contribution is -2.22. The molecule has 1 fully saturated rings. The maximum atomic E-state index is 12.1. The highest BCUT2D eigenvalue weighted by atomic mass is 35.5. The standard InChI is InChI=1S/C16H16N4O3S.ClH/c17-7-14-19-12(8-24-14)16(23)18-11-3-1-9(2-4-11)5-10-6-13(21)20-15(10)22;/h1-4,8,10H,5-7,17H2,(H,18,23)(H,20,21,22);1H. The van der Waals surface area contributed by atoms with Gasteiger partial charge in [0, 0.05) is 24.0 Å². The second-order valence-electron chi connectivity index (χ2n) is 5.50. The average molecular weight is 381 g/mol. The Balaban J connectivity index is 0.00000225. The van der Waals surface area contributed by atoms with Crippen LogP contribution in [-0.2, 0) is 22.6 Å². The number of nitrogens with one attached hydrogen (secondary N) is 2. The van der Waals surface area contributed by atoms with Gasteiger partial charge in [0.15, 0.2) is 0 Å². The molecule has 0 bridgehead atoms. The molecule has 2 aromatic rings. The molecule has 3 amide bonds. The number of imide groups is 1. The fourth-order valence-corrected chi connectivity index (χ4v) is 3.14. The zero-order chi connectivity index (χ0) is 17.1. The number of anilines is 1. The molecule has 7 nitrogen and oxygen atoms in total. The minimum absolute atomic E-state index is 0. The minimum Gasteiger partial charge on any atom is -0.325 e. The second kappa shape index (κ2) is 8.19. The van der Waals surface area contributed by atoms with Gasteiger partial charge in [0.25, 0.3) is 5.91 Å². The van der Waals surface area contributed by atoms with Crippen LogP contribution in [0, 0.1) is 5.92 Å². The zero-order valence-electron chi connectivity index (χ0n) is 13.2. The Morgan fingerprint density at radius 2 is 2.04 bits per heavy atom. The summed E-state index contributed by atoms with van der Waals surface area (Å²) in [4.78, 5) is 39.0. The van der Waals surface area contributed by atoms with E-state index in [4.69, 9.17) is 5.73 Å². The number of halogens is 1. The molecule has 0 spiro atoms. The topological polar surface area (TPSA) is 114 Å². The first kappa shape index (κ1) is 19.0. The number of thiazole rings is 1. The van der Waals surface area contributed by atoms with Crippen molar-refractivity contribution in [1.82, 2.24) is 10.3 Å². The Labute approximate surface area is 154 Å². The van der Waals surface area contributed by atoms with Gasteiger partial charge in [-0.3, -0.25) is 19.7 Å². The van der Waals surface area contributed by atoms with E-state index >= 15 is 0 Å². The van der Waals surface area contributed by atoms with Crippen LogP contribution in [0.25, 0.3) is 0 Å². The van der Waals surface area contributed by atoms with Crippen LogP contribution >= 0.6 is 23.7 Å². The predicted molar refractivity (Wildman–Crippen MR) is 96.6 cm³/mol. The van der Waals surface area contributed by atoms with Crippen molar-refractivity contribution in [1.29, 1.82) is 0 Å². The fraction of sp³-hybridized carbons (Fsp3) is 0.250. The number of benzene rings is 1. The maximum absolute atomic E-state index is 12.1. The number of carbonyl (C=O) groups is 3. The van der Waals surface area contributed by atoms with E-state index in [2.05, 4.69) is 15.6 Å². The number of hydrogen-bond acceptors (Lipinski definition) is 6.